The van der Waals surface area contributed by atoms with Gasteiger partial charge in [-0.15, -0.1) is 10.2 Å². The molecule has 2 aliphatic rings. The molecule has 0 aliphatic carbocycles. The van der Waals surface area contributed by atoms with Crippen LogP contribution in [0.2, 0.25) is 0 Å². The van der Waals surface area contributed by atoms with Crippen molar-refractivity contribution in [2.45, 2.75) is 57.9 Å². The topological polar surface area (TPSA) is 88.4 Å². The Morgan fingerprint density at radius 3 is 2.50 bits per heavy atom. The summed E-state index contributed by atoms with van der Waals surface area (Å²) in [6, 6.07) is 7.64. The van der Waals surface area contributed by atoms with E-state index >= 15 is 0 Å². The van der Waals surface area contributed by atoms with Gasteiger partial charge in [0.25, 0.3) is 5.91 Å². The Balaban J connectivity index is 1.44. The molecular weight excluding hydrogens is 402 g/mol. The second-order valence-corrected chi connectivity index (χ2v) is 11.0. The molecule has 0 unspecified atom stereocenters. The quantitative estimate of drug-likeness (QED) is 0.740. The van der Waals surface area contributed by atoms with Gasteiger partial charge in [-0.2, -0.15) is 0 Å². The summed E-state index contributed by atoms with van der Waals surface area (Å²) in [7, 11) is -3.21. The van der Waals surface area contributed by atoms with Crippen LogP contribution in [-0.4, -0.2) is 63.2 Å². The molecule has 1 saturated heterocycles. The van der Waals surface area contributed by atoms with Gasteiger partial charge in [-0.1, -0.05) is 17.7 Å². The molecule has 0 saturated carbocycles. The Morgan fingerprint density at radius 2 is 1.83 bits per heavy atom. The van der Waals surface area contributed by atoms with E-state index in [1.807, 2.05) is 36.1 Å². The number of hydrogen-bond donors (Lipinski definition) is 0. The van der Waals surface area contributed by atoms with Crippen LogP contribution in [0, 0.1) is 6.92 Å². The second kappa shape index (κ2) is 8.11. The lowest BCUT2D eigenvalue weighted by Gasteiger charge is -2.33. The largest absolute Gasteiger partial charge is 0.329 e. The number of carbonyl (C=O) groups excluding carboxylic acids is 1. The first-order valence-corrected chi connectivity index (χ1v) is 12.0. The van der Waals surface area contributed by atoms with Gasteiger partial charge in [0, 0.05) is 37.7 Å². The molecule has 1 aromatic carbocycles. The lowest BCUT2D eigenvalue weighted by atomic mass is 9.97. The highest BCUT2D eigenvalue weighted by Crippen LogP contribution is 2.30. The number of aryl methyl sites for hydroxylation is 1. The fraction of sp³-hybridized carbons (Fsp3) is 0.571. The van der Waals surface area contributed by atoms with Crippen LogP contribution >= 0.6 is 0 Å². The van der Waals surface area contributed by atoms with E-state index in [0.717, 1.165) is 30.1 Å². The third-order valence-electron chi connectivity index (χ3n) is 6.11. The van der Waals surface area contributed by atoms with Gasteiger partial charge in [0.1, 0.15) is 5.82 Å². The molecule has 162 valence electrons. The van der Waals surface area contributed by atoms with Crippen molar-refractivity contribution in [2.75, 3.05) is 19.6 Å². The number of amides is 1. The minimum Gasteiger partial charge on any atom is -0.329 e. The van der Waals surface area contributed by atoms with Crippen LogP contribution in [0.1, 0.15) is 60.2 Å². The average Bonchev–Trinajstić information content (AvgIpc) is 3.16. The molecule has 0 N–H and O–H groups in total. The van der Waals surface area contributed by atoms with Crippen molar-refractivity contribution < 1.29 is 13.2 Å². The SMILES string of the molecule is Cc1cccc(C(=O)N2CCn3c(nnc3C3CCN(S(=O)(=O)C(C)C)CC3)C2)c1. The number of rotatable bonds is 4. The average molecular weight is 432 g/mol. The molecule has 30 heavy (non-hydrogen) atoms. The summed E-state index contributed by atoms with van der Waals surface area (Å²) >= 11 is 0. The number of nitrogens with zero attached hydrogens (tertiary/aromatic N) is 5. The molecule has 8 nitrogen and oxygen atoms in total. The van der Waals surface area contributed by atoms with Crippen LogP contribution < -0.4 is 0 Å². The summed E-state index contributed by atoms with van der Waals surface area (Å²) in [5.74, 6) is 1.94. The zero-order valence-electron chi connectivity index (χ0n) is 17.8. The lowest BCUT2D eigenvalue weighted by Crippen LogP contribution is -2.42. The number of carbonyl (C=O) groups is 1. The highest BCUT2D eigenvalue weighted by Gasteiger charge is 2.34. The molecule has 4 rings (SSSR count). The normalized spacial score (nSPS) is 18.6. The maximum Gasteiger partial charge on any atom is 0.254 e. The summed E-state index contributed by atoms with van der Waals surface area (Å²) in [4.78, 5) is 14.7. The fourth-order valence-electron chi connectivity index (χ4n) is 4.28. The highest BCUT2D eigenvalue weighted by atomic mass is 32.2. The number of sulfonamides is 1. The summed E-state index contributed by atoms with van der Waals surface area (Å²) < 4.78 is 28.5. The molecule has 2 aromatic rings. The summed E-state index contributed by atoms with van der Waals surface area (Å²) in [6.07, 6.45) is 1.49. The third kappa shape index (κ3) is 3.88. The number of benzene rings is 1. The van der Waals surface area contributed by atoms with Gasteiger partial charge < -0.3 is 9.47 Å². The Hall–Kier alpha value is -2.26. The summed E-state index contributed by atoms with van der Waals surface area (Å²) in [6.45, 7) is 8.19. The molecular formula is C21H29N5O3S. The first-order valence-electron chi connectivity index (χ1n) is 10.5. The number of aromatic nitrogens is 3. The Morgan fingerprint density at radius 1 is 1.10 bits per heavy atom. The van der Waals surface area contributed by atoms with Gasteiger partial charge >= 0.3 is 0 Å². The molecule has 2 aliphatic heterocycles. The number of fused-ring (bicyclic) bond motifs is 1. The third-order valence-corrected chi connectivity index (χ3v) is 8.39. The van der Waals surface area contributed by atoms with Gasteiger partial charge in [-0.3, -0.25) is 4.79 Å². The van der Waals surface area contributed by atoms with E-state index in [-0.39, 0.29) is 11.8 Å². The summed E-state index contributed by atoms with van der Waals surface area (Å²) in [5.41, 5.74) is 1.76. The van der Waals surface area contributed by atoms with Crippen LogP contribution in [0.15, 0.2) is 24.3 Å². The first-order chi connectivity index (χ1) is 14.3. The van der Waals surface area contributed by atoms with Crippen molar-refractivity contribution in [1.82, 2.24) is 24.0 Å². The molecule has 1 aromatic heterocycles. The molecule has 0 radical (unpaired) electrons. The lowest BCUT2D eigenvalue weighted by molar-refractivity contribution is 0.0705. The van der Waals surface area contributed by atoms with Gasteiger partial charge in [0.2, 0.25) is 10.0 Å². The van der Waals surface area contributed by atoms with E-state index in [4.69, 9.17) is 0 Å². The van der Waals surface area contributed by atoms with E-state index in [9.17, 15) is 13.2 Å². The van der Waals surface area contributed by atoms with Gasteiger partial charge in [0.15, 0.2) is 5.82 Å². The summed E-state index contributed by atoms with van der Waals surface area (Å²) in [5, 5.41) is 8.39. The van der Waals surface area contributed by atoms with Crippen LogP contribution in [0.3, 0.4) is 0 Å². The molecule has 0 spiro atoms. The van der Waals surface area contributed by atoms with Crippen molar-refractivity contribution in [1.29, 1.82) is 0 Å². The minimum atomic E-state index is -3.21. The van der Waals surface area contributed by atoms with Crippen LogP contribution in [0.4, 0.5) is 0 Å². The van der Waals surface area contributed by atoms with Crippen molar-refractivity contribution >= 4 is 15.9 Å². The monoisotopic (exact) mass is 431 g/mol. The van der Waals surface area contributed by atoms with Gasteiger partial charge in [-0.05, 0) is 45.7 Å². The Kier molecular flexibility index (Phi) is 5.67. The molecule has 0 atom stereocenters. The Labute approximate surface area is 177 Å². The van der Waals surface area contributed by atoms with E-state index in [2.05, 4.69) is 14.8 Å². The zero-order valence-corrected chi connectivity index (χ0v) is 18.6. The smallest absolute Gasteiger partial charge is 0.254 e. The highest BCUT2D eigenvalue weighted by molar-refractivity contribution is 7.89. The minimum absolute atomic E-state index is 0.0155. The maximum absolute atomic E-state index is 12.9. The van der Waals surface area contributed by atoms with E-state index in [1.165, 1.54) is 0 Å². The predicted octanol–water partition coefficient (Wildman–Crippen LogP) is 2.16. The van der Waals surface area contributed by atoms with E-state index in [0.29, 0.717) is 38.3 Å². The van der Waals surface area contributed by atoms with Gasteiger partial charge in [0.05, 0.1) is 11.8 Å². The number of piperidine rings is 1. The zero-order chi connectivity index (χ0) is 21.5. The van der Waals surface area contributed by atoms with Crippen LogP contribution in [-0.2, 0) is 23.1 Å². The molecule has 1 amide bonds. The van der Waals surface area contributed by atoms with Crippen molar-refractivity contribution in [3.8, 4) is 0 Å². The van der Waals surface area contributed by atoms with Crippen LogP contribution in [0.25, 0.3) is 0 Å². The van der Waals surface area contributed by atoms with Crippen LogP contribution in [0.5, 0.6) is 0 Å². The first kappa shape index (κ1) is 21.0. The predicted molar refractivity (Wildman–Crippen MR) is 114 cm³/mol. The van der Waals surface area contributed by atoms with Crippen molar-refractivity contribution in [3.63, 3.8) is 0 Å². The fourth-order valence-corrected chi connectivity index (χ4v) is 5.60. The van der Waals surface area contributed by atoms with Gasteiger partial charge in [-0.25, -0.2) is 12.7 Å². The molecule has 9 heteroatoms. The second-order valence-electron chi connectivity index (χ2n) is 8.49. The number of hydrogen-bond acceptors (Lipinski definition) is 5. The van der Waals surface area contributed by atoms with Crippen molar-refractivity contribution in [3.05, 3.63) is 47.0 Å². The van der Waals surface area contributed by atoms with Crippen molar-refractivity contribution in [2.24, 2.45) is 0 Å². The van der Waals surface area contributed by atoms with E-state index < -0.39 is 15.3 Å². The van der Waals surface area contributed by atoms with E-state index in [1.54, 1.807) is 18.2 Å². The molecule has 0 bridgehead atoms. The Bertz CT molecular complexity index is 1040. The maximum atomic E-state index is 12.9. The molecule has 1 fully saturated rings. The standard InChI is InChI=1S/C21H29N5O3S/c1-15(2)30(28,29)25-9-7-17(8-10-25)20-23-22-19-14-24(11-12-26(19)20)21(27)18-6-4-5-16(3)13-18/h4-6,13,15,17H,7-12,14H2,1-3H3. The molecule has 3 heterocycles.